The average Bonchev–Trinajstić information content (AvgIpc) is 2.66. The van der Waals surface area contributed by atoms with E-state index in [-0.39, 0.29) is 11.3 Å². The van der Waals surface area contributed by atoms with E-state index in [0.29, 0.717) is 25.3 Å². The van der Waals surface area contributed by atoms with E-state index in [2.05, 4.69) is 38.6 Å². The van der Waals surface area contributed by atoms with Crippen molar-refractivity contribution in [2.45, 2.75) is 25.7 Å². The van der Waals surface area contributed by atoms with Crippen LogP contribution in [0, 0.1) is 0 Å². The van der Waals surface area contributed by atoms with Crippen molar-refractivity contribution in [3.8, 4) is 0 Å². The predicted molar refractivity (Wildman–Crippen MR) is 78.4 cm³/mol. The first-order chi connectivity index (χ1) is 8.49. The smallest absolute Gasteiger partial charge is 0.231 e. The minimum Gasteiger partial charge on any atom is -0.330 e. The van der Waals surface area contributed by atoms with Crippen molar-refractivity contribution < 1.29 is 4.79 Å². The van der Waals surface area contributed by atoms with Crippen molar-refractivity contribution in [3.63, 3.8) is 0 Å². The van der Waals surface area contributed by atoms with E-state index in [1.165, 1.54) is 5.56 Å². The summed E-state index contributed by atoms with van der Waals surface area (Å²) < 4.78 is 0. The van der Waals surface area contributed by atoms with Crippen LogP contribution in [0.4, 0.5) is 5.69 Å². The second kappa shape index (κ2) is 4.94. The molecule has 1 amide bonds. The molecule has 2 N–H and O–H groups in total. The zero-order valence-electron chi connectivity index (χ0n) is 10.9. The first kappa shape index (κ1) is 13.4. The van der Waals surface area contributed by atoms with Crippen LogP contribution in [0.5, 0.6) is 0 Å². The lowest BCUT2D eigenvalue weighted by atomic mass is 9.84. The molecular weight excluding hydrogens is 244 g/mol. The molecule has 0 saturated heterocycles. The Kier molecular flexibility index (Phi) is 3.69. The van der Waals surface area contributed by atoms with E-state index in [0.717, 1.165) is 11.3 Å². The van der Waals surface area contributed by atoms with Gasteiger partial charge in [-0.15, -0.1) is 0 Å². The number of hydrogen-bond donors (Lipinski definition) is 2. The Bertz CT molecular complexity index is 471. The van der Waals surface area contributed by atoms with Gasteiger partial charge in [-0.1, -0.05) is 26.0 Å². The Labute approximate surface area is 114 Å². The topological polar surface area (TPSA) is 46.3 Å². The van der Waals surface area contributed by atoms with Gasteiger partial charge in [0.25, 0.3) is 0 Å². The second-order valence-electron chi connectivity index (χ2n) is 5.38. The molecule has 2 rings (SSSR count). The lowest BCUT2D eigenvalue weighted by molar-refractivity contribution is -0.117. The monoisotopic (exact) mass is 264 g/mol. The Balaban J connectivity index is 2.36. The highest BCUT2D eigenvalue weighted by atomic mass is 32.1. The van der Waals surface area contributed by atoms with Crippen LogP contribution >= 0.6 is 12.6 Å². The molecule has 4 heteroatoms. The quantitative estimate of drug-likeness (QED) is 0.814. The highest BCUT2D eigenvalue weighted by Gasteiger charge is 2.28. The zero-order chi connectivity index (χ0) is 13.3. The molecular formula is C14H20N2OS. The summed E-state index contributed by atoms with van der Waals surface area (Å²) >= 11 is 4.20. The van der Waals surface area contributed by atoms with Crippen LogP contribution in [0.3, 0.4) is 0 Å². The highest BCUT2D eigenvalue weighted by Crippen LogP contribution is 2.33. The fraction of sp³-hybridized carbons (Fsp3) is 0.500. The van der Waals surface area contributed by atoms with Gasteiger partial charge in [0.15, 0.2) is 0 Å². The van der Waals surface area contributed by atoms with Crippen LogP contribution < -0.4 is 10.6 Å². The molecule has 0 radical (unpaired) electrons. The molecule has 0 spiro atoms. The van der Waals surface area contributed by atoms with E-state index in [4.69, 9.17) is 5.73 Å². The predicted octanol–water partition coefficient (Wildman–Crippen LogP) is 1.74. The third-order valence-corrected chi connectivity index (χ3v) is 3.83. The van der Waals surface area contributed by atoms with E-state index in [1.807, 2.05) is 11.0 Å². The Morgan fingerprint density at radius 3 is 2.78 bits per heavy atom. The normalized spacial score (nSPS) is 15.1. The zero-order valence-corrected chi connectivity index (χ0v) is 11.8. The highest BCUT2D eigenvalue weighted by molar-refractivity contribution is 7.80. The van der Waals surface area contributed by atoms with E-state index < -0.39 is 0 Å². The van der Waals surface area contributed by atoms with Crippen LogP contribution in [0.15, 0.2) is 18.2 Å². The van der Waals surface area contributed by atoms with E-state index in [9.17, 15) is 4.79 Å². The van der Waals surface area contributed by atoms with Crippen molar-refractivity contribution >= 4 is 24.2 Å². The van der Waals surface area contributed by atoms with Gasteiger partial charge in [0.05, 0.1) is 6.42 Å². The molecule has 1 aliphatic heterocycles. The number of carbonyl (C=O) groups excluding carboxylic acids is 1. The van der Waals surface area contributed by atoms with Gasteiger partial charge < -0.3 is 10.6 Å². The van der Waals surface area contributed by atoms with Crippen LogP contribution in [-0.2, 0) is 16.6 Å². The summed E-state index contributed by atoms with van der Waals surface area (Å²) in [6.45, 7) is 5.52. The maximum absolute atomic E-state index is 11.9. The molecule has 1 aromatic carbocycles. The summed E-state index contributed by atoms with van der Waals surface area (Å²) in [6, 6.07) is 6.24. The third kappa shape index (κ3) is 2.27. The maximum atomic E-state index is 11.9. The fourth-order valence-electron chi connectivity index (χ4n) is 2.27. The summed E-state index contributed by atoms with van der Waals surface area (Å²) in [5.74, 6) is 0.850. The first-order valence-electron chi connectivity index (χ1n) is 6.24. The minimum absolute atomic E-state index is 0.0466. The number of thiol groups is 1. The molecule has 0 unspecified atom stereocenters. The standard InChI is InChI=1S/C14H20N2OS/c1-14(2,9-15)11-3-4-12-10(7-11)8-13(17)16(12)5-6-18/h3-4,7,18H,5-6,8-9,15H2,1-2H3. The number of rotatable bonds is 4. The van der Waals surface area contributed by atoms with Crippen molar-refractivity contribution in [2.75, 3.05) is 23.7 Å². The van der Waals surface area contributed by atoms with Gasteiger partial charge in [-0.3, -0.25) is 4.79 Å². The Morgan fingerprint density at radius 2 is 2.17 bits per heavy atom. The Hall–Kier alpha value is -1.00. The summed E-state index contributed by atoms with van der Waals surface area (Å²) in [7, 11) is 0. The molecule has 18 heavy (non-hydrogen) atoms. The lowest BCUT2D eigenvalue weighted by Gasteiger charge is -2.24. The summed E-state index contributed by atoms with van der Waals surface area (Å²) in [5, 5.41) is 0. The molecule has 1 heterocycles. The van der Waals surface area contributed by atoms with Gasteiger partial charge in [-0.25, -0.2) is 0 Å². The number of anilines is 1. The van der Waals surface area contributed by atoms with E-state index in [1.54, 1.807) is 0 Å². The van der Waals surface area contributed by atoms with Gasteiger partial charge in [0, 0.05) is 29.9 Å². The molecule has 3 nitrogen and oxygen atoms in total. The molecule has 0 aromatic heterocycles. The second-order valence-corrected chi connectivity index (χ2v) is 5.82. The van der Waals surface area contributed by atoms with Crippen molar-refractivity contribution in [3.05, 3.63) is 29.3 Å². The van der Waals surface area contributed by atoms with E-state index >= 15 is 0 Å². The lowest BCUT2D eigenvalue weighted by Crippen LogP contribution is -2.29. The summed E-state index contributed by atoms with van der Waals surface area (Å²) in [4.78, 5) is 13.7. The van der Waals surface area contributed by atoms with Gasteiger partial charge in [0.1, 0.15) is 0 Å². The maximum Gasteiger partial charge on any atom is 0.231 e. The third-order valence-electron chi connectivity index (χ3n) is 3.63. The van der Waals surface area contributed by atoms with Crippen LogP contribution in [0.25, 0.3) is 0 Å². The number of amides is 1. The molecule has 1 aliphatic rings. The average molecular weight is 264 g/mol. The van der Waals surface area contributed by atoms with Crippen molar-refractivity contribution in [2.24, 2.45) is 5.73 Å². The van der Waals surface area contributed by atoms with Gasteiger partial charge in [-0.2, -0.15) is 12.6 Å². The molecule has 98 valence electrons. The van der Waals surface area contributed by atoms with Gasteiger partial charge in [0.2, 0.25) is 5.91 Å². The van der Waals surface area contributed by atoms with Gasteiger partial charge >= 0.3 is 0 Å². The first-order valence-corrected chi connectivity index (χ1v) is 6.87. The number of nitrogens with two attached hydrogens (primary N) is 1. The largest absolute Gasteiger partial charge is 0.330 e. The molecule has 0 bridgehead atoms. The van der Waals surface area contributed by atoms with Crippen LogP contribution in [0.2, 0.25) is 0 Å². The number of fused-ring (bicyclic) bond motifs is 1. The van der Waals surface area contributed by atoms with Gasteiger partial charge in [-0.05, 0) is 17.2 Å². The molecule has 1 aromatic rings. The number of benzene rings is 1. The molecule has 0 aliphatic carbocycles. The van der Waals surface area contributed by atoms with Crippen molar-refractivity contribution in [1.82, 2.24) is 0 Å². The molecule has 0 fully saturated rings. The number of hydrogen-bond acceptors (Lipinski definition) is 3. The number of nitrogens with zero attached hydrogens (tertiary/aromatic N) is 1. The van der Waals surface area contributed by atoms with Crippen molar-refractivity contribution in [1.29, 1.82) is 0 Å². The number of carbonyl (C=O) groups is 1. The molecule has 0 saturated carbocycles. The Morgan fingerprint density at radius 1 is 1.44 bits per heavy atom. The van der Waals surface area contributed by atoms with Crippen LogP contribution in [-0.4, -0.2) is 24.7 Å². The minimum atomic E-state index is -0.0466. The summed E-state index contributed by atoms with van der Waals surface area (Å²) in [6.07, 6.45) is 0.498. The molecule has 0 atom stereocenters. The fourth-order valence-corrected chi connectivity index (χ4v) is 2.47. The SMILES string of the molecule is CC(C)(CN)c1ccc2c(c1)CC(=O)N2CCS. The van der Waals surface area contributed by atoms with Crippen LogP contribution in [0.1, 0.15) is 25.0 Å². The summed E-state index contributed by atoms with van der Waals surface area (Å²) in [5.41, 5.74) is 9.10.